The van der Waals surface area contributed by atoms with Crippen molar-refractivity contribution in [3.8, 4) is 0 Å². The summed E-state index contributed by atoms with van der Waals surface area (Å²) < 4.78 is 0. The zero-order chi connectivity index (χ0) is 18.8. The van der Waals surface area contributed by atoms with Crippen LogP contribution in [0.5, 0.6) is 0 Å². The first-order valence-corrected chi connectivity index (χ1v) is 11.1. The van der Waals surface area contributed by atoms with Gasteiger partial charge in [-0.1, -0.05) is 42.5 Å². The van der Waals surface area contributed by atoms with Gasteiger partial charge in [0.15, 0.2) is 0 Å². The maximum absolute atomic E-state index is 12.1. The number of ketones is 1. The van der Waals surface area contributed by atoms with E-state index < -0.39 is 12.1 Å². The molecule has 0 aliphatic heterocycles. The van der Waals surface area contributed by atoms with Gasteiger partial charge in [-0.3, -0.25) is 9.59 Å². The van der Waals surface area contributed by atoms with Gasteiger partial charge >= 0.3 is 5.97 Å². The van der Waals surface area contributed by atoms with Gasteiger partial charge in [-0.05, 0) is 35.8 Å². The first-order valence-electron chi connectivity index (χ1n) is 8.90. The molecule has 1 saturated carbocycles. The van der Waals surface area contributed by atoms with Gasteiger partial charge in [0.1, 0.15) is 5.78 Å². The Bertz CT molecular complexity index is 603. The minimum atomic E-state index is -0.784. The van der Waals surface area contributed by atoms with Crippen molar-refractivity contribution in [1.82, 2.24) is 0 Å². The van der Waals surface area contributed by atoms with Crippen molar-refractivity contribution < 1.29 is 19.8 Å². The van der Waals surface area contributed by atoms with E-state index in [1.807, 2.05) is 42.5 Å². The van der Waals surface area contributed by atoms with Gasteiger partial charge in [0, 0.05) is 12.8 Å². The summed E-state index contributed by atoms with van der Waals surface area (Å²) in [5, 5.41) is 18.8. The molecular formula is C20H26O4S2. The van der Waals surface area contributed by atoms with Gasteiger partial charge in [0.05, 0.1) is 17.1 Å². The van der Waals surface area contributed by atoms with Crippen LogP contribution in [0.3, 0.4) is 0 Å². The minimum Gasteiger partial charge on any atom is -0.481 e. The van der Waals surface area contributed by atoms with E-state index >= 15 is 0 Å². The molecule has 4 nitrogen and oxygen atoms in total. The molecule has 0 saturated heterocycles. The highest BCUT2D eigenvalue weighted by atomic mass is 32.2. The van der Waals surface area contributed by atoms with E-state index in [4.69, 9.17) is 5.11 Å². The molecule has 1 aromatic carbocycles. The lowest BCUT2D eigenvalue weighted by atomic mass is 10.0. The Kier molecular flexibility index (Phi) is 9.29. The second-order valence-corrected chi connectivity index (χ2v) is 8.76. The summed E-state index contributed by atoms with van der Waals surface area (Å²) in [4.78, 5) is 22.6. The SMILES string of the molecule is O=C(O)CSCCCS[C@H]1C(=O)CC[C@@H]1C=C[C@@H](O)Cc1ccccc1. The standard InChI is InChI=1S/C20H26O4S2/c21-17(13-15-5-2-1-3-6-15)9-7-16-8-10-18(22)20(16)26-12-4-11-25-14-19(23)24/h1-3,5-7,9,16-17,20-21H,4,8,10-14H2,(H,23,24)/t16-,17+,20+/m0/s1. The van der Waals surface area contributed by atoms with E-state index in [0.717, 1.165) is 29.9 Å². The van der Waals surface area contributed by atoms with E-state index in [2.05, 4.69) is 0 Å². The number of carbonyl (C=O) groups excluding carboxylic acids is 1. The highest BCUT2D eigenvalue weighted by Crippen LogP contribution is 2.34. The van der Waals surface area contributed by atoms with E-state index in [0.29, 0.717) is 18.6 Å². The van der Waals surface area contributed by atoms with Crippen LogP contribution >= 0.6 is 23.5 Å². The molecule has 0 bridgehead atoms. The maximum atomic E-state index is 12.1. The Hall–Kier alpha value is -1.24. The van der Waals surface area contributed by atoms with Gasteiger partial charge in [0.2, 0.25) is 0 Å². The van der Waals surface area contributed by atoms with Crippen LogP contribution in [0.4, 0.5) is 0 Å². The molecule has 1 aliphatic rings. The summed E-state index contributed by atoms with van der Waals surface area (Å²) >= 11 is 3.09. The molecule has 1 aromatic rings. The molecule has 1 aliphatic carbocycles. The monoisotopic (exact) mass is 394 g/mol. The average molecular weight is 395 g/mol. The van der Waals surface area contributed by atoms with Gasteiger partial charge < -0.3 is 10.2 Å². The lowest BCUT2D eigenvalue weighted by Crippen LogP contribution is -2.17. The third kappa shape index (κ3) is 7.56. The number of rotatable bonds is 11. The van der Waals surface area contributed by atoms with Crippen molar-refractivity contribution in [3.05, 3.63) is 48.0 Å². The molecule has 0 spiro atoms. The maximum Gasteiger partial charge on any atom is 0.313 e. The van der Waals surface area contributed by atoms with Crippen LogP contribution in [0.15, 0.2) is 42.5 Å². The predicted molar refractivity (Wildman–Crippen MR) is 109 cm³/mol. The zero-order valence-electron chi connectivity index (χ0n) is 14.8. The number of carboxylic acid groups (broad SMARTS) is 1. The molecule has 3 atom stereocenters. The number of allylic oxidation sites excluding steroid dienone is 1. The fraction of sp³-hybridized carbons (Fsp3) is 0.500. The van der Waals surface area contributed by atoms with Crippen molar-refractivity contribution >= 4 is 35.3 Å². The second kappa shape index (κ2) is 11.5. The fourth-order valence-corrected chi connectivity index (χ4v) is 5.17. The van der Waals surface area contributed by atoms with Crippen LogP contribution < -0.4 is 0 Å². The van der Waals surface area contributed by atoms with E-state index in [1.54, 1.807) is 11.8 Å². The number of hydrogen-bond acceptors (Lipinski definition) is 5. The number of hydrogen-bond donors (Lipinski definition) is 2. The molecule has 2 rings (SSSR count). The Balaban J connectivity index is 1.74. The summed E-state index contributed by atoms with van der Waals surface area (Å²) in [6.45, 7) is 0. The first-order chi connectivity index (χ1) is 12.6. The molecule has 0 heterocycles. The number of aliphatic hydroxyl groups excluding tert-OH is 1. The van der Waals surface area contributed by atoms with Crippen molar-refractivity contribution in [2.75, 3.05) is 17.3 Å². The van der Waals surface area contributed by atoms with Crippen LogP contribution in [-0.2, 0) is 16.0 Å². The van der Waals surface area contributed by atoms with Gasteiger partial charge in [-0.15, -0.1) is 11.8 Å². The number of thioether (sulfide) groups is 2. The van der Waals surface area contributed by atoms with E-state index in [1.165, 1.54) is 11.8 Å². The largest absolute Gasteiger partial charge is 0.481 e. The molecular weight excluding hydrogens is 368 g/mol. The summed E-state index contributed by atoms with van der Waals surface area (Å²) in [5.41, 5.74) is 1.09. The van der Waals surface area contributed by atoms with Crippen molar-refractivity contribution in [2.45, 2.75) is 37.0 Å². The van der Waals surface area contributed by atoms with Crippen molar-refractivity contribution in [2.24, 2.45) is 5.92 Å². The Morgan fingerprint density at radius 1 is 1.27 bits per heavy atom. The van der Waals surface area contributed by atoms with Crippen molar-refractivity contribution in [3.63, 3.8) is 0 Å². The summed E-state index contributed by atoms with van der Waals surface area (Å²) in [6.07, 6.45) is 6.23. The van der Waals surface area contributed by atoms with E-state index in [9.17, 15) is 14.7 Å². The number of aliphatic carboxylic acids is 1. The Morgan fingerprint density at radius 3 is 2.77 bits per heavy atom. The number of benzene rings is 1. The lowest BCUT2D eigenvalue weighted by Gasteiger charge is -2.15. The van der Waals surface area contributed by atoms with Crippen molar-refractivity contribution in [1.29, 1.82) is 0 Å². The van der Waals surface area contributed by atoms with Crippen LogP contribution in [0.2, 0.25) is 0 Å². The fourth-order valence-electron chi connectivity index (χ4n) is 2.98. The molecule has 0 aromatic heterocycles. The van der Waals surface area contributed by atoms with Gasteiger partial charge in [-0.2, -0.15) is 11.8 Å². The highest BCUT2D eigenvalue weighted by molar-refractivity contribution is 8.01. The minimum absolute atomic E-state index is 0.0281. The highest BCUT2D eigenvalue weighted by Gasteiger charge is 2.33. The number of carboxylic acids is 1. The molecule has 26 heavy (non-hydrogen) atoms. The molecule has 142 valence electrons. The Morgan fingerprint density at radius 2 is 2.04 bits per heavy atom. The quantitative estimate of drug-likeness (QED) is 0.442. The average Bonchev–Trinajstić information content (AvgIpc) is 2.97. The first kappa shape index (κ1) is 21.1. The molecule has 0 radical (unpaired) electrons. The summed E-state index contributed by atoms with van der Waals surface area (Å²) in [5.74, 6) is 1.49. The Labute approximate surface area is 163 Å². The zero-order valence-corrected chi connectivity index (χ0v) is 16.4. The molecule has 0 unspecified atom stereocenters. The third-order valence-corrected chi connectivity index (χ3v) is 6.78. The smallest absolute Gasteiger partial charge is 0.313 e. The van der Waals surface area contributed by atoms with Crippen LogP contribution in [0, 0.1) is 5.92 Å². The normalized spacial score (nSPS) is 21.3. The molecule has 1 fully saturated rings. The van der Waals surface area contributed by atoms with E-state index in [-0.39, 0.29) is 16.9 Å². The molecule has 6 heteroatoms. The van der Waals surface area contributed by atoms with Crippen LogP contribution in [0.25, 0.3) is 0 Å². The molecule has 2 N–H and O–H groups in total. The number of aliphatic hydroxyl groups is 1. The second-order valence-electron chi connectivity index (χ2n) is 6.40. The summed E-state index contributed by atoms with van der Waals surface area (Å²) in [7, 11) is 0. The topological polar surface area (TPSA) is 74.6 Å². The van der Waals surface area contributed by atoms with Crippen LogP contribution in [0.1, 0.15) is 24.8 Å². The lowest BCUT2D eigenvalue weighted by molar-refractivity contribution is -0.133. The number of Topliss-reactive ketones (excluding diaryl/α,β-unsaturated/α-hetero) is 1. The predicted octanol–water partition coefficient (Wildman–Crippen LogP) is 3.44. The molecule has 0 amide bonds. The van der Waals surface area contributed by atoms with Gasteiger partial charge in [0.25, 0.3) is 0 Å². The summed E-state index contributed by atoms with van der Waals surface area (Å²) in [6, 6.07) is 9.87. The van der Waals surface area contributed by atoms with Crippen LogP contribution in [-0.4, -0.2) is 50.6 Å². The third-order valence-electron chi connectivity index (χ3n) is 4.25. The number of carbonyl (C=O) groups is 2. The van der Waals surface area contributed by atoms with Gasteiger partial charge in [-0.25, -0.2) is 0 Å².